The molecule has 0 unspecified atom stereocenters. The van der Waals surface area contributed by atoms with Crippen LogP contribution in [0.2, 0.25) is 0 Å². The third-order valence-electron chi connectivity index (χ3n) is 2.90. The Labute approximate surface area is 138 Å². The minimum Gasteiger partial charge on any atom is -0.426 e. The largest absolute Gasteiger partial charge is 0.426 e. The molecule has 0 radical (unpaired) electrons. The van der Waals surface area contributed by atoms with Crippen LogP contribution in [-0.4, -0.2) is 32.6 Å². The van der Waals surface area contributed by atoms with Crippen molar-refractivity contribution in [2.75, 3.05) is 0 Å². The molecule has 1 saturated heterocycles. The van der Waals surface area contributed by atoms with Gasteiger partial charge in [-0.3, -0.25) is 19.7 Å². The van der Waals surface area contributed by atoms with Crippen molar-refractivity contribution in [2.24, 2.45) is 0 Å². The van der Waals surface area contributed by atoms with E-state index in [4.69, 9.17) is 21.4 Å². The van der Waals surface area contributed by atoms with Crippen molar-refractivity contribution >= 4 is 41.1 Å². The van der Waals surface area contributed by atoms with Gasteiger partial charge in [0.1, 0.15) is 11.0 Å². The Morgan fingerprint density at radius 3 is 2.83 bits per heavy atom. The molecule has 2 N–H and O–H groups in total. The van der Waals surface area contributed by atoms with E-state index in [1.54, 1.807) is 24.3 Å². The number of nitrogens with one attached hydrogen (secondary N) is 2. The van der Waals surface area contributed by atoms with Crippen LogP contribution in [0.25, 0.3) is 11.5 Å². The molecule has 0 aliphatic carbocycles. The summed E-state index contributed by atoms with van der Waals surface area (Å²) in [6.45, 7) is 0. The number of thioether (sulfide) groups is 1. The first-order valence-corrected chi connectivity index (χ1v) is 7.69. The van der Waals surface area contributed by atoms with Crippen LogP contribution in [-0.2, 0) is 9.59 Å². The van der Waals surface area contributed by atoms with E-state index in [0.29, 0.717) is 5.56 Å². The molecule has 0 spiro atoms. The molecule has 118 valence electrons. The number of rotatable bonds is 4. The van der Waals surface area contributed by atoms with Crippen LogP contribution in [0.5, 0.6) is 5.75 Å². The molecule has 1 atom stereocenters. The summed E-state index contributed by atoms with van der Waals surface area (Å²) >= 11 is 5.58. The summed E-state index contributed by atoms with van der Waals surface area (Å²) in [6.07, 6.45) is -0.222. The van der Waals surface area contributed by atoms with Crippen molar-refractivity contribution in [3.63, 3.8) is 0 Å². The highest BCUT2D eigenvalue weighted by Crippen LogP contribution is 2.29. The zero-order chi connectivity index (χ0) is 16.4. The molecule has 10 heteroatoms. The lowest BCUT2D eigenvalue weighted by Gasteiger charge is -2.08. The van der Waals surface area contributed by atoms with Gasteiger partial charge in [-0.05, 0) is 24.4 Å². The molecule has 2 heterocycles. The Morgan fingerprint density at radius 1 is 1.39 bits per heavy atom. The van der Waals surface area contributed by atoms with Gasteiger partial charge in [0.15, 0.2) is 0 Å². The van der Waals surface area contributed by atoms with E-state index in [-0.39, 0.29) is 22.9 Å². The van der Waals surface area contributed by atoms with Crippen LogP contribution in [0.15, 0.2) is 28.7 Å². The van der Waals surface area contributed by atoms with Crippen LogP contribution in [0.4, 0.5) is 4.79 Å². The Hall–Kier alpha value is -2.46. The Kier molecular flexibility index (Phi) is 4.26. The number of esters is 1. The number of aromatic nitrogens is 2. The molecule has 23 heavy (non-hydrogen) atoms. The van der Waals surface area contributed by atoms with Gasteiger partial charge in [0.05, 0.1) is 12.0 Å². The van der Waals surface area contributed by atoms with Crippen molar-refractivity contribution in [3.05, 3.63) is 29.1 Å². The number of imide groups is 1. The number of hydrogen-bond donors (Lipinski definition) is 2. The van der Waals surface area contributed by atoms with Crippen LogP contribution in [0.3, 0.4) is 0 Å². The second-order valence-corrected chi connectivity index (χ2v) is 6.02. The van der Waals surface area contributed by atoms with Crippen LogP contribution in [0.1, 0.15) is 6.42 Å². The highest BCUT2D eigenvalue weighted by molar-refractivity contribution is 8.15. The SMILES string of the molecule is O=C(C[C@@H]1SC(=O)NC1=O)Oc1ccccc1-c1n[nH]c(=S)o1. The number of carbonyl (C=O) groups is 3. The maximum Gasteiger partial charge on any atom is 0.312 e. The van der Waals surface area contributed by atoms with Gasteiger partial charge in [-0.1, -0.05) is 23.9 Å². The van der Waals surface area contributed by atoms with E-state index in [9.17, 15) is 14.4 Å². The lowest BCUT2D eigenvalue weighted by molar-refractivity contribution is -0.135. The van der Waals surface area contributed by atoms with E-state index in [0.717, 1.165) is 11.8 Å². The summed E-state index contributed by atoms with van der Waals surface area (Å²) < 4.78 is 10.5. The third-order valence-corrected chi connectivity index (χ3v) is 4.05. The number of hydrogen-bond acceptors (Lipinski definition) is 8. The third kappa shape index (κ3) is 3.48. The molecule has 8 nitrogen and oxygen atoms in total. The molecule has 2 aromatic rings. The fraction of sp³-hybridized carbons (Fsp3) is 0.154. The standard InChI is InChI=1S/C13H9N3O5S2/c17-9(5-8-10(18)14-12(19)23-8)20-7-4-2-1-3-6(7)11-15-16-13(22)21-11/h1-4,8H,5H2,(H,16,22)(H,14,18,19)/t8-/m0/s1. The summed E-state index contributed by atoms with van der Waals surface area (Å²) in [4.78, 5) is 34.7. The second kappa shape index (κ2) is 6.34. The average molecular weight is 351 g/mol. The van der Waals surface area contributed by atoms with Gasteiger partial charge in [-0.2, -0.15) is 0 Å². The van der Waals surface area contributed by atoms with E-state index in [1.807, 2.05) is 0 Å². The number of benzene rings is 1. The molecule has 1 aliphatic rings. The van der Waals surface area contributed by atoms with Gasteiger partial charge in [0.25, 0.3) is 10.1 Å². The van der Waals surface area contributed by atoms with Crippen LogP contribution < -0.4 is 10.1 Å². The number of carbonyl (C=O) groups excluding carboxylic acids is 3. The fourth-order valence-corrected chi connectivity index (χ4v) is 2.85. The summed E-state index contributed by atoms with van der Waals surface area (Å²) in [5, 5.41) is 7.22. The topological polar surface area (TPSA) is 114 Å². The number of nitrogens with zero attached hydrogens (tertiary/aromatic N) is 1. The van der Waals surface area contributed by atoms with E-state index >= 15 is 0 Å². The zero-order valence-corrected chi connectivity index (χ0v) is 13.0. The summed E-state index contributed by atoms with van der Waals surface area (Å²) in [6, 6.07) is 6.61. The quantitative estimate of drug-likeness (QED) is 0.489. The van der Waals surface area contributed by atoms with E-state index < -0.39 is 22.4 Å². The molecule has 1 aliphatic heterocycles. The summed E-state index contributed by atoms with van der Waals surface area (Å²) in [5.74, 6) is -0.740. The first-order valence-electron chi connectivity index (χ1n) is 6.40. The molecule has 1 fully saturated rings. The molecular weight excluding hydrogens is 342 g/mol. The maximum absolute atomic E-state index is 12.0. The van der Waals surface area contributed by atoms with Crippen LogP contribution >= 0.6 is 24.0 Å². The number of aromatic amines is 1. The summed E-state index contributed by atoms with van der Waals surface area (Å²) in [5.41, 5.74) is 0.438. The normalized spacial score (nSPS) is 17.1. The zero-order valence-electron chi connectivity index (χ0n) is 11.4. The van der Waals surface area contributed by atoms with E-state index in [2.05, 4.69) is 15.5 Å². The Bertz CT molecular complexity index is 844. The van der Waals surface area contributed by atoms with Gasteiger partial charge in [0, 0.05) is 0 Å². The lowest BCUT2D eigenvalue weighted by atomic mass is 10.2. The molecule has 1 aromatic heterocycles. The highest BCUT2D eigenvalue weighted by atomic mass is 32.2. The maximum atomic E-state index is 12.0. The van der Waals surface area contributed by atoms with Gasteiger partial charge in [0.2, 0.25) is 11.8 Å². The van der Waals surface area contributed by atoms with Gasteiger partial charge >= 0.3 is 5.97 Å². The monoisotopic (exact) mass is 351 g/mol. The fourth-order valence-electron chi connectivity index (χ4n) is 1.92. The van der Waals surface area contributed by atoms with Crippen molar-refractivity contribution < 1.29 is 23.5 Å². The van der Waals surface area contributed by atoms with Gasteiger partial charge in [-0.15, -0.1) is 5.10 Å². The Morgan fingerprint density at radius 2 is 2.17 bits per heavy atom. The van der Waals surface area contributed by atoms with Gasteiger partial charge < -0.3 is 9.15 Å². The number of ether oxygens (including phenoxy) is 1. The van der Waals surface area contributed by atoms with Crippen molar-refractivity contribution in [3.8, 4) is 17.2 Å². The number of para-hydroxylation sites is 1. The minimum absolute atomic E-state index is 0.0960. The van der Waals surface area contributed by atoms with Crippen molar-refractivity contribution in [1.29, 1.82) is 0 Å². The van der Waals surface area contributed by atoms with Crippen LogP contribution in [0, 0.1) is 4.84 Å². The number of H-pyrrole nitrogens is 1. The number of amides is 2. The lowest BCUT2D eigenvalue weighted by Crippen LogP contribution is -2.27. The van der Waals surface area contributed by atoms with Crippen molar-refractivity contribution in [2.45, 2.75) is 11.7 Å². The Balaban J connectivity index is 1.75. The van der Waals surface area contributed by atoms with Crippen molar-refractivity contribution in [1.82, 2.24) is 15.5 Å². The molecule has 3 rings (SSSR count). The molecular formula is C13H9N3O5S2. The first kappa shape index (κ1) is 15.4. The highest BCUT2D eigenvalue weighted by Gasteiger charge is 2.34. The predicted octanol–water partition coefficient (Wildman–Crippen LogP) is 2.05. The average Bonchev–Trinajstić information content (AvgIpc) is 3.05. The van der Waals surface area contributed by atoms with Gasteiger partial charge in [-0.25, -0.2) is 5.10 Å². The smallest absolute Gasteiger partial charge is 0.312 e. The second-order valence-electron chi connectivity index (χ2n) is 4.48. The minimum atomic E-state index is -0.781. The molecule has 0 bridgehead atoms. The molecule has 0 saturated carbocycles. The summed E-state index contributed by atoms with van der Waals surface area (Å²) in [7, 11) is 0. The predicted molar refractivity (Wildman–Crippen MR) is 82.3 cm³/mol. The first-order chi connectivity index (χ1) is 11.0. The molecule has 2 amide bonds. The van der Waals surface area contributed by atoms with E-state index in [1.165, 1.54) is 0 Å². The molecule has 1 aromatic carbocycles.